The first-order chi connectivity index (χ1) is 9.72. The molecule has 3 rings (SSSR count). The van der Waals surface area contributed by atoms with E-state index in [2.05, 4.69) is 20.8 Å². The molecule has 0 bridgehead atoms. The number of tetrazole rings is 1. The standard InChI is InChI=1S/C13H12ClN5S/c1-9-16-17-18-19(9)12-4-2-3-11(6-12)15-7-13-5-10(14)8-20-13/h2-6,8,15H,7H2,1H3. The molecule has 1 N–H and O–H groups in total. The van der Waals surface area contributed by atoms with Gasteiger partial charge in [-0.25, -0.2) is 0 Å². The van der Waals surface area contributed by atoms with E-state index in [0.717, 1.165) is 28.8 Å². The molecule has 0 radical (unpaired) electrons. The third kappa shape index (κ3) is 2.81. The van der Waals surface area contributed by atoms with Crippen molar-refractivity contribution in [2.45, 2.75) is 13.5 Å². The lowest BCUT2D eigenvalue weighted by Gasteiger charge is -2.07. The zero-order chi connectivity index (χ0) is 13.9. The van der Waals surface area contributed by atoms with Crippen molar-refractivity contribution in [1.82, 2.24) is 20.2 Å². The molecule has 3 aromatic rings. The molecule has 7 heteroatoms. The van der Waals surface area contributed by atoms with E-state index in [4.69, 9.17) is 11.6 Å². The predicted molar refractivity (Wildman–Crippen MR) is 80.5 cm³/mol. The maximum atomic E-state index is 5.91. The molecule has 20 heavy (non-hydrogen) atoms. The Morgan fingerprint density at radius 3 is 2.95 bits per heavy atom. The van der Waals surface area contributed by atoms with Crippen molar-refractivity contribution in [1.29, 1.82) is 0 Å². The van der Waals surface area contributed by atoms with E-state index in [0.29, 0.717) is 0 Å². The summed E-state index contributed by atoms with van der Waals surface area (Å²) in [5.41, 5.74) is 1.95. The molecule has 2 aromatic heterocycles. The first kappa shape index (κ1) is 13.1. The fraction of sp³-hybridized carbons (Fsp3) is 0.154. The van der Waals surface area contributed by atoms with Crippen molar-refractivity contribution in [3.8, 4) is 5.69 Å². The van der Waals surface area contributed by atoms with E-state index in [9.17, 15) is 0 Å². The Labute approximate surface area is 125 Å². The molecule has 1 aromatic carbocycles. The highest BCUT2D eigenvalue weighted by Gasteiger charge is 2.04. The van der Waals surface area contributed by atoms with Crippen LogP contribution in [0, 0.1) is 6.92 Å². The largest absolute Gasteiger partial charge is 0.380 e. The maximum Gasteiger partial charge on any atom is 0.153 e. The summed E-state index contributed by atoms with van der Waals surface area (Å²) < 4.78 is 1.70. The number of hydrogen-bond donors (Lipinski definition) is 1. The summed E-state index contributed by atoms with van der Waals surface area (Å²) in [5, 5.41) is 17.6. The Bertz CT molecular complexity index is 721. The molecule has 5 nitrogen and oxygen atoms in total. The second-order valence-corrected chi connectivity index (χ2v) is 5.71. The number of rotatable bonds is 4. The van der Waals surface area contributed by atoms with E-state index in [1.807, 2.05) is 42.6 Å². The van der Waals surface area contributed by atoms with Gasteiger partial charge in [0.15, 0.2) is 5.82 Å². The molecule has 0 aliphatic carbocycles. The summed E-state index contributed by atoms with van der Waals surface area (Å²) in [4.78, 5) is 1.19. The van der Waals surface area contributed by atoms with Gasteiger partial charge >= 0.3 is 0 Å². The van der Waals surface area contributed by atoms with Crippen molar-refractivity contribution < 1.29 is 0 Å². The molecule has 0 aliphatic rings. The van der Waals surface area contributed by atoms with Gasteiger partial charge in [-0.05, 0) is 41.6 Å². The second-order valence-electron chi connectivity index (χ2n) is 4.27. The molecular formula is C13H12ClN5S. The Hall–Kier alpha value is -1.92. The SMILES string of the molecule is Cc1nnnn1-c1cccc(NCc2cc(Cl)cs2)c1. The van der Waals surface area contributed by atoms with Crippen molar-refractivity contribution in [3.63, 3.8) is 0 Å². The van der Waals surface area contributed by atoms with Gasteiger partial charge in [0.25, 0.3) is 0 Å². The smallest absolute Gasteiger partial charge is 0.153 e. The van der Waals surface area contributed by atoms with Crippen LogP contribution in [0.4, 0.5) is 5.69 Å². The average molecular weight is 306 g/mol. The fourth-order valence-electron chi connectivity index (χ4n) is 1.85. The normalized spacial score (nSPS) is 10.7. The molecule has 0 unspecified atom stereocenters. The fourth-order valence-corrected chi connectivity index (χ4v) is 2.87. The lowest BCUT2D eigenvalue weighted by molar-refractivity contribution is 0.779. The van der Waals surface area contributed by atoms with Gasteiger partial charge in [0.2, 0.25) is 0 Å². The molecule has 0 saturated carbocycles. The average Bonchev–Trinajstić information content (AvgIpc) is 3.05. The van der Waals surface area contributed by atoms with Crippen molar-refractivity contribution >= 4 is 28.6 Å². The number of nitrogens with zero attached hydrogens (tertiary/aromatic N) is 4. The molecule has 102 valence electrons. The van der Waals surface area contributed by atoms with Crippen LogP contribution in [0.3, 0.4) is 0 Å². The van der Waals surface area contributed by atoms with Gasteiger partial charge in [-0.15, -0.1) is 16.4 Å². The van der Waals surface area contributed by atoms with E-state index < -0.39 is 0 Å². The second kappa shape index (κ2) is 5.60. The Kier molecular flexibility index (Phi) is 3.66. The van der Waals surface area contributed by atoms with E-state index in [1.165, 1.54) is 4.88 Å². The van der Waals surface area contributed by atoms with Crippen LogP contribution < -0.4 is 5.32 Å². The van der Waals surface area contributed by atoms with Gasteiger partial charge in [0.1, 0.15) is 0 Å². The van der Waals surface area contributed by atoms with Crippen LogP contribution >= 0.6 is 22.9 Å². The van der Waals surface area contributed by atoms with Crippen molar-refractivity contribution in [3.05, 3.63) is 51.4 Å². The third-order valence-corrected chi connectivity index (χ3v) is 4.09. The molecular weight excluding hydrogens is 294 g/mol. The molecule has 0 amide bonds. The topological polar surface area (TPSA) is 55.6 Å². The number of halogens is 1. The van der Waals surface area contributed by atoms with E-state index in [-0.39, 0.29) is 0 Å². The van der Waals surface area contributed by atoms with Gasteiger partial charge in [-0.3, -0.25) is 0 Å². The minimum Gasteiger partial charge on any atom is -0.380 e. The number of nitrogens with one attached hydrogen (secondary N) is 1. The Balaban J connectivity index is 1.76. The molecule has 0 atom stereocenters. The third-order valence-electron chi connectivity index (χ3n) is 2.80. The highest BCUT2D eigenvalue weighted by atomic mass is 35.5. The van der Waals surface area contributed by atoms with Gasteiger partial charge in [0, 0.05) is 22.5 Å². The van der Waals surface area contributed by atoms with Crippen LogP contribution in [0.2, 0.25) is 5.02 Å². The summed E-state index contributed by atoms with van der Waals surface area (Å²) >= 11 is 7.55. The van der Waals surface area contributed by atoms with Crippen LogP contribution in [0.5, 0.6) is 0 Å². The molecule has 0 saturated heterocycles. The summed E-state index contributed by atoms with van der Waals surface area (Å²) in [7, 11) is 0. The molecule has 0 fully saturated rings. The van der Waals surface area contributed by atoms with Crippen molar-refractivity contribution in [2.24, 2.45) is 0 Å². The monoisotopic (exact) mass is 305 g/mol. The Morgan fingerprint density at radius 1 is 1.35 bits per heavy atom. The summed E-state index contributed by atoms with van der Waals surface area (Å²) in [6, 6.07) is 9.93. The molecule has 2 heterocycles. The number of aromatic nitrogens is 4. The first-order valence-corrected chi connectivity index (χ1v) is 7.30. The lowest BCUT2D eigenvalue weighted by atomic mass is 10.2. The van der Waals surface area contributed by atoms with Crippen molar-refractivity contribution in [2.75, 3.05) is 5.32 Å². The zero-order valence-corrected chi connectivity index (χ0v) is 12.3. The molecule has 0 spiro atoms. The van der Waals surface area contributed by atoms with Crippen LogP contribution in [0.25, 0.3) is 5.69 Å². The van der Waals surface area contributed by atoms with Gasteiger partial charge < -0.3 is 5.32 Å². The minimum atomic E-state index is 0.745. The summed E-state index contributed by atoms with van der Waals surface area (Å²) in [5.74, 6) is 0.757. The lowest BCUT2D eigenvalue weighted by Crippen LogP contribution is -2.02. The number of hydrogen-bond acceptors (Lipinski definition) is 5. The van der Waals surface area contributed by atoms with Gasteiger partial charge in [-0.1, -0.05) is 17.7 Å². The molecule has 0 aliphatic heterocycles. The number of anilines is 1. The van der Waals surface area contributed by atoms with Crippen LogP contribution in [-0.4, -0.2) is 20.2 Å². The van der Waals surface area contributed by atoms with Crippen LogP contribution in [0.1, 0.15) is 10.7 Å². The van der Waals surface area contributed by atoms with Gasteiger partial charge in [0.05, 0.1) is 10.7 Å². The quantitative estimate of drug-likeness (QED) is 0.803. The summed E-state index contributed by atoms with van der Waals surface area (Å²) in [6.07, 6.45) is 0. The van der Waals surface area contributed by atoms with E-state index in [1.54, 1.807) is 16.0 Å². The first-order valence-electron chi connectivity index (χ1n) is 6.04. The number of thiophene rings is 1. The zero-order valence-electron chi connectivity index (χ0n) is 10.7. The Morgan fingerprint density at radius 2 is 2.25 bits per heavy atom. The minimum absolute atomic E-state index is 0.745. The predicted octanol–water partition coefficient (Wildman–Crippen LogP) is 3.30. The maximum absolute atomic E-state index is 5.91. The summed E-state index contributed by atoms with van der Waals surface area (Å²) in [6.45, 7) is 2.61. The van der Waals surface area contributed by atoms with Gasteiger partial charge in [-0.2, -0.15) is 4.68 Å². The van der Waals surface area contributed by atoms with Crippen LogP contribution in [0.15, 0.2) is 35.7 Å². The van der Waals surface area contributed by atoms with E-state index >= 15 is 0 Å². The highest BCUT2D eigenvalue weighted by molar-refractivity contribution is 7.10. The number of benzene rings is 1. The van der Waals surface area contributed by atoms with Crippen LogP contribution in [-0.2, 0) is 6.54 Å². The number of aryl methyl sites for hydroxylation is 1. The highest BCUT2D eigenvalue weighted by Crippen LogP contribution is 2.21.